The quantitative estimate of drug-likeness (QED) is 0.694. The van der Waals surface area contributed by atoms with Crippen LogP contribution in [0.15, 0.2) is 42.5 Å². The van der Waals surface area contributed by atoms with Gasteiger partial charge in [0, 0.05) is 30.6 Å². The Balaban J connectivity index is 1.61. The molecule has 1 fully saturated rings. The maximum Gasteiger partial charge on any atom is 0.289 e. The van der Waals surface area contributed by atoms with Crippen molar-refractivity contribution in [1.29, 1.82) is 0 Å². The molecule has 0 bridgehead atoms. The molecule has 0 saturated carbocycles. The molecular formula is C22H24N4O3. The third-order valence-electron chi connectivity index (χ3n) is 5.12. The fraction of sp³-hybridized carbons (Fsp3) is 0.318. The van der Waals surface area contributed by atoms with Gasteiger partial charge in [-0.3, -0.25) is 4.79 Å². The number of rotatable bonds is 6. The summed E-state index contributed by atoms with van der Waals surface area (Å²) < 4.78 is 10.7. The topological polar surface area (TPSA) is 76.6 Å². The fourth-order valence-corrected chi connectivity index (χ4v) is 3.61. The summed E-state index contributed by atoms with van der Waals surface area (Å²) in [7, 11) is 3.20. The van der Waals surface area contributed by atoms with Gasteiger partial charge in [0.2, 0.25) is 5.82 Å². The molecule has 7 heteroatoms. The summed E-state index contributed by atoms with van der Waals surface area (Å²) in [4.78, 5) is 24.2. The third-order valence-corrected chi connectivity index (χ3v) is 5.12. The Bertz CT molecular complexity index is 1030. The molecule has 4 rings (SSSR count). The van der Waals surface area contributed by atoms with Gasteiger partial charge in [0.25, 0.3) is 5.91 Å². The second kappa shape index (κ2) is 8.34. The standard InChI is InChI=1S/C22H24N4O3/c1-28-16-9-10-19(29-2)15(13-16)14-23-22(27)20-24-18-8-4-3-7-17(18)21(25-20)26-11-5-6-12-26/h3-4,7-10,13H,5-6,11-12,14H2,1-2H3,(H,23,27). The minimum absolute atomic E-state index is 0.174. The number of carbonyl (C=O) groups is 1. The largest absolute Gasteiger partial charge is 0.497 e. The Morgan fingerprint density at radius 3 is 2.62 bits per heavy atom. The zero-order chi connectivity index (χ0) is 20.2. The highest BCUT2D eigenvalue weighted by atomic mass is 16.5. The highest BCUT2D eigenvalue weighted by Crippen LogP contribution is 2.27. The summed E-state index contributed by atoms with van der Waals surface area (Å²) in [5.41, 5.74) is 1.59. The average molecular weight is 392 g/mol. The molecule has 29 heavy (non-hydrogen) atoms. The van der Waals surface area contributed by atoms with Crippen LogP contribution in [0.1, 0.15) is 29.0 Å². The second-order valence-corrected chi connectivity index (χ2v) is 6.94. The first-order valence-electron chi connectivity index (χ1n) is 9.70. The third kappa shape index (κ3) is 3.94. The van der Waals surface area contributed by atoms with E-state index in [1.54, 1.807) is 14.2 Å². The van der Waals surface area contributed by atoms with Crippen molar-refractivity contribution >= 4 is 22.6 Å². The number of hydrogen-bond donors (Lipinski definition) is 1. The minimum atomic E-state index is -0.318. The van der Waals surface area contributed by atoms with E-state index in [0.717, 1.165) is 48.2 Å². The summed E-state index contributed by atoms with van der Waals surface area (Å²) in [6.45, 7) is 2.18. The Hall–Kier alpha value is -3.35. The van der Waals surface area contributed by atoms with E-state index in [4.69, 9.17) is 9.47 Å². The van der Waals surface area contributed by atoms with E-state index in [1.165, 1.54) is 0 Å². The molecule has 1 aliphatic rings. The van der Waals surface area contributed by atoms with Crippen LogP contribution in [0, 0.1) is 0 Å². The maximum absolute atomic E-state index is 12.9. The molecule has 1 amide bonds. The van der Waals surface area contributed by atoms with Gasteiger partial charge in [-0.05, 0) is 43.2 Å². The van der Waals surface area contributed by atoms with Crippen LogP contribution in [0.25, 0.3) is 10.9 Å². The Morgan fingerprint density at radius 1 is 1.07 bits per heavy atom. The van der Waals surface area contributed by atoms with E-state index in [1.807, 2.05) is 42.5 Å². The number of anilines is 1. The zero-order valence-electron chi connectivity index (χ0n) is 16.6. The molecule has 1 N–H and O–H groups in total. The second-order valence-electron chi connectivity index (χ2n) is 6.94. The lowest BCUT2D eigenvalue weighted by Gasteiger charge is -2.19. The predicted molar refractivity (Wildman–Crippen MR) is 112 cm³/mol. The molecule has 0 atom stereocenters. The number of benzene rings is 2. The van der Waals surface area contributed by atoms with Crippen LogP contribution in [0.5, 0.6) is 11.5 Å². The zero-order valence-corrected chi connectivity index (χ0v) is 16.6. The van der Waals surface area contributed by atoms with E-state index < -0.39 is 0 Å². The van der Waals surface area contributed by atoms with Gasteiger partial charge in [-0.15, -0.1) is 0 Å². The number of hydrogen-bond acceptors (Lipinski definition) is 6. The first-order chi connectivity index (χ1) is 14.2. The van der Waals surface area contributed by atoms with Crippen LogP contribution in [-0.4, -0.2) is 43.2 Å². The molecule has 0 spiro atoms. The van der Waals surface area contributed by atoms with Crippen molar-refractivity contribution in [3.8, 4) is 11.5 Å². The number of para-hydroxylation sites is 1. The van der Waals surface area contributed by atoms with Crippen LogP contribution >= 0.6 is 0 Å². The van der Waals surface area contributed by atoms with Crippen molar-refractivity contribution in [3.63, 3.8) is 0 Å². The van der Waals surface area contributed by atoms with Crippen LogP contribution in [0.4, 0.5) is 5.82 Å². The van der Waals surface area contributed by atoms with Crippen LogP contribution in [-0.2, 0) is 6.54 Å². The van der Waals surface area contributed by atoms with E-state index >= 15 is 0 Å². The molecule has 0 aliphatic carbocycles. The lowest BCUT2D eigenvalue weighted by atomic mass is 10.2. The van der Waals surface area contributed by atoms with Crippen molar-refractivity contribution in [1.82, 2.24) is 15.3 Å². The smallest absolute Gasteiger partial charge is 0.289 e. The molecule has 150 valence electrons. The summed E-state index contributed by atoms with van der Waals surface area (Å²) in [6, 6.07) is 13.3. The maximum atomic E-state index is 12.9. The lowest BCUT2D eigenvalue weighted by molar-refractivity contribution is 0.0940. The highest BCUT2D eigenvalue weighted by Gasteiger charge is 2.20. The monoisotopic (exact) mass is 392 g/mol. The normalized spacial score (nSPS) is 13.5. The molecule has 2 heterocycles. The molecule has 1 saturated heterocycles. The van der Waals surface area contributed by atoms with E-state index in [0.29, 0.717) is 11.5 Å². The van der Waals surface area contributed by atoms with Crippen molar-refractivity contribution in [2.45, 2.75) is 19.4 Å². The summed E-state index contributed by atoms with van der Waals surface area (Å²) in [5.74, 6) is 2.07. The van der Waals surface area contributed by atoms with E-state index in [2.05, 4.69) is 20.2 Å². The number of methoxy groups -OCH3 is 2. The fourth-order valence-electron chi connectivity index (χ4n) is 3.61. The van der Waals surface area contributed by atoms with Gasteiger partial charge in [-0.2, -0.15) is 0 Å². The van der Waals surface area contributed by atoms with Crippen LogP contribution < -0.4 is 19.7 Å². The van der Waals surface area contributed by atoms with Gasteiger partial charge in [0.15, 0.2) is 0 Å². The summed E-state index contributed by atoms with van der Waals surface area (Å²) in [5, 5.41) is 3.88. The van der Waals surface area contributed by atoms with Gasteiger partial charge in [0.05, 0.1) is 19.7 Å². The Labute approximate surface area is 169 Å². The molecule has 3 aromatic rings. The van der Waals surface area contributed by atoms with Gasteiger partial charge >= 0.3 is 0 Å². The number of carbonyl (C=O) groups excluding carboxylic acids is 1. The lowest BCUT2D eigenvalue weighted by Crippen LogP contribution is -2.27. The van der Waals surface area contributed by atoms with Crippen LogP contribution in [0.2, 0.25) is 0 Å². The van der Waals surface area contributed by atoms with Crippen molar-refractivity contribution in [3.05, 3.63) is 53.9 Å². The molecule has 1 aliphatic heterocycles. The number of nitrogens with zero attached hydrogens (tertiary/aromatic N) is 3. The SMILES string of the molecule is COc1ccc(OC)c(CNC(=O)c2nc(N3CCCC3)c3ccccc3n2)c1. The van der Waals surface area contributed by atoms with Crippen molar-refractivity contribution in [2.24, 2.45) is 0 Å². The number of fused-ring (bicyclic) bond motifs is 1. The Kier molecular flexibility index (Phi) is 5.46. The van der Waals surface area contributed by atoms with Gasteiger partial charge in [0.1, 0.15) is 17.3 Å². The molecular weight excluding hydrogens is 368 g/mol. The number of ether oxygens (including phenoxy) is 2. The average Bonchev–Trinajstić information content (AvgIpc) is 3.31. The van der Waals surface area contributed by atoms with Crippen molar-refractivity contribution in [2.75, 3.05) is 32.2 Å². The van der Waals surface area contributed by atoms with E-state index in [9.17, 15) is 4.79 Å². The van der Waals surface area contributed by atoms with E-state index in [-0.39, 0.29) is 18.3 Å². The van der Waals surface area contributed by atoms with Crippen molar-refractivity contribution < 1.29 is 14.3 Å². The summed E-state index contributed by atoms with van der Waals surface area (Å²) in [6.07, 6.45) is 2.27. The van der Waals surface area contributed by atoms with Gasteiger partial charge < -0.3 is 19.7 Å². The minimum Gasteiger partial charge on any atom is -0.497 e. The highest BCUT2D eigenvalue weighted by molar-refractivity contribution is 5.96. The first-order valence-corrected chi connectivity index (χ1v) is 9.70. The Morgan fingerprint density at radius 2 is 1.86 bits per heavy atom. The molecule has 1 aromatic heterocycles. The molecule has 0 unspecified atom stereocenters. The first kappa shape index (κ1) is 19.0. The summed E-state index contributed by atoms with van der Waals surface area (Å²) >= 11 is 0. The molecule has 2 aromatic carbocycles. The van der Waals surface area contributed by atoms with Gasteiger partial charge in [-0.1, -0.05) is 12.1 Å². The number of aromatic nitrogens is 2. The number of nitrogens with one attached hydrogen (secondary N) is 1. The molecule has 0 radical (unpaired) electrons. The predicted octanol–water partition coefficient (Wildman–Crippen LogP) is 3.18. The van der Waals surface area contributed by atoms with Crippen LogP contribution in [0.3, 0.4) is 0 Å². The number of amides is 1. The molecule has 7 nitrogen and oxygen atoms in total. The van der Waals surface area contributed by atoms with Gasteiger partial charge in [-0.25, -0.2) is 9.97 Å².